The number of rotatable bonds is 3. The standard InChI is InChI=1S/C33H52O8Si/c1-27(2,3)42(8,9)40-21-14-37-26-12-20(21)30(7)33(26,41-30)29(6)11-10-22-31(16-35-19-36-17-31)24-13-25(39-28(4,5)38-24)32(22)18-34-15-23(29)32/h10-11,20-26H,12-19H2,1-9H3/t20-,21-,22-,23-,24+,25-,26-,29+,30-,32-,33-/m0/s1. The van der Waals surface area contributed by atoms with Crippen LogP contribution in [0, 0.1) is 34.0 Å². The fourth-order valence-electron chi connectivity index (χ4n) is 11.0. The molecule has 8 aliphatic rings. The van der Waals surface area contributed by atoms with Gasteiger partial charge in [0.1, 0.15) is 18.0 Å². The highest BCUT2D eigenvalue weighted by atomic mass is 28.4. The van der Waals surface area contributed by atoms with E-state index in [1.54, 1.807) is 0 Å². The molecule has 0 amide bonds. The third kappa shape index (κ3) is 3.31. The Kier molecular flexibility index (Phi) is 5.89. The molecule has 2 saturated carbocycles. The maximum atomic E-state index is 7.12. The predicted octanol–water partition coefficient (Wildman–Crippen LogP) is 5.06. The quantitative estimate of drug-likeness (QED) is 0.251. The van der Waals surface area contributed by atoms with Crippen molar-refractivity contribution in [3.63, 3.8) is 0 Å². The van der Waals surface area contributed by atoms with Gasteiger partial charge < -0.3 is 37.6 Å². The number of hydrogen-bond donors (Lipinski definition) is 0. The third-order valence-electron chi connectivity index (χ3n) is 13.9. The van der Waals surface area contributed by atoms with Crippen LogP contribution in [0.4, 0.5) is 0 Å². The summed E-state index contributed by atoms with van der Waals surface area (Å²) >= 11 is 0. The van der Waals surface area contributed by atoms with Crippen LogP contribution in [0.1, 0.15) is 61.3 Å². The molecule has 2 spiro atoms. The first-order valence-corrected chi connectivity index (χ1v) is 19.3. The first kappa shape index (κ1) is 29.1. The Morgan fingerprint density at radius 1 is 0.857 bits per heavy atom. The van der Waals surface area contributed by atoms with Gasteiger partial charge in [-0.15, -0.1) is 0 Å². The van der Waals surface area contributed by atoms with Gasteiger partial charge in [-0.3, -0.25) is 0 Å². The van der Waals surface area contributed by atoms with E-state index < -0.39 is 19.7 Å². The number of epoxide rings is 1. The lowest BCUT2D eigenvalue weighted by Crippen LogP contribution is -2.74. The molecule has 5 aliphatic heterocycles. The second kappa shape index (κ2) is 8.51. The van der Waals surface area contributed by atoms with Crippen molar-refractivity contribution in [1.82, 2.24) is 0 Å². The SMILES string of the molecule is CC1(C)O[C@H]2C[C@@H](O1)C1(COCOC1)[C@@H]1C=C[C@@](C)([C@]34O[C@@]3(C)[C@H]3C[C@@H]4OC[C@@H]3O[Si](C)(C)C(C)(C)C)[C@@H]3COC[C@@]231. The van der Waals surface area contributed by atoms with Gasteiger partial charge in [0.25, 0.3) is 0 Å². The van der Waals surface area contributed by atoms with Crippen molar-refractivity contribution in [3.8, 4) is 0 Å². The van der Waals surface area contributed by atoms with E-state index in [0.29, 0.717) is 45.7 Å². The highest BCUT2D eigenvalue weighted by Crippen LogP contribution is 2.78. The molecule has 9 heteroatoms. The maximum Gasteiger partial charge on any atom is 0.192 e. The van der Waals surface area contributed by atoms with Gasteiger partial charge in [0, 0.05) is 35.0 Å². The summed E-state index contributed by atoms with van der Waals surface area (Å²) in [7, 11) is -1.98. The number of ether oxygens (including phenoxy) is 7. The first-order valence-electron chi connectivity index (χ1n) is 16.3. The lowest BCUT2D eigenvalue weighted by molar-refractivity contribution is -0.393. The molecular weight excluding hydrogens is 552 g/mol. The molecule has 4 bridgehead atoms. The Balaban J connectivity index is 1.20. The van der Waals surface area contributed by atoms with Crippen molar-refractivity contribution in [2.24, 2.45) is 34.0 Å². The Hall–Kier alpha value is -0.363. The van der Waals surface area contributed by atoms with E-state index in [1.165, 1.54) is 0 Å². The van der Waals surface area contributed by atoms with Crippen LogP contribution in [-0.4, -0.2) is 89.5 Å². The van der Waals surface area contributed by atoms with E-state index in [9.17, 15) is 0 Å². The van der Waals surface area contributed by atoms with Crippen molar-refractivity contribution < 1.29 is 37.6 Å². The first-order chi connectivity index (χ1) is 19.6. The van der Waals surface area contributed by atoms with E-state index in [-0.39, 0.29) is 63.1 Å². The van der Waals surface area contributed by atoms with Gasteiger partial charge in [-0.25, -0.2) is 0 Å². The monoisotopic (exact) mass is 604 g/mol. The largest absolute Gasteiger partial charge is 0.411 e. The Morgan fingerprint density at radius 2 is 1.57 bits per heavy atom. The van der Waals surface area contributed by atoms with E-state index in [4.69, 9.17) is 37.6 Å². The molecule has 42 heavy (non-hydrogen) atoms. The van der Waals surface area contributed by atoms with Crippen LogP contribution in [0.5, 0.6) is 0 Å². The van der Waals surface area contributed by atoms with E-state index in [2.05, 4.69) is 73.7 Å². The molecule has 0 aromatic heterocycles. The second-order valence-electron chi connectivity index (χ2n) is 17.2. The van der Waals surface area contributed by atoms with Gasteiger partial charge >= 0.3 is 0 Å². The normalized spacial score (nSPS) is 53.4. The molecule has 8 nitrogen and oxygen atoms in total. The summed E-state index contributed by atoms with van der Waals surface area (Å²) in [6.45, 7) is 24.1. The molecule has 0 unspecified atom stereocenters. The van der Waals surface area contributed by atoms with Crippen molar-refractivity contribution in [1.29, 1.82) is 0 Å². The average molecular weight is 605 g/mol. The molecule has 7 fully saturated rings. The molecule has 5 saturated heterocycles. The smallest absolute Gasteiger partial charge is 0.192 e. The molecular formula is C33H52O8Si. The summed E-state index contributed by atoms with van der Waals surface area (Å²) in [5, 5.41) is 0.143. The summed E-state index contributed by atoms with van der Waals surface area (Å²) in [6, 6.07) is 0. The van der Waals surface area contributed by atoms with E-state index in [0.717, 1.165) is 12.8 Å². The lowest BCUT2D eigenvalue weighted by atomic mass is 9.41. The number of hydrogen-bond acceptors (Lipinski definition) is 8. The minimum Gasteiger partial charge on any atom is -0.411 e. The highest BCUT2D eigenvalue weighted by Gasteiger charge is 2.89. The summed E-state index contributed by atoms with van der Waals surface area (Å²) in [5.41, 5.74) is -1.54. The molecule has 8 rings (SSSR count). The van der Waals surface area contributed by atoms with E-state index >= 15 is 0 Å². The van der Waals surface area contributed by atoms with Crippen molar-refractivity contribution in [3.05, 3.63) is 12.2 Å². The summed E-state index contributed by atoms with van der Waals surface area (Å²) in [4.78, 5) is 0. The van der Waals surface area contributed by atoms with Crippen LogP contribution in [0.3, 0.4) is 0 Å². The van der Waals surface area contributed by atoms with Crippen molar-refractivity contribution in [2.75, 3.05) is 39.8 Å². The zero-order chi connectivity index (χ0) is 29.8. The molecule has 11 atom stereocenters. The minimum absolute atomic E-state index is 0.000283. The summed E-state index contributed by atoms with van der Waals surface area (Å²) < 4.78 is 53.2. The van der Waals surface area contributed by atoms with Gasteiger partial charge in [0.15, 0.2) is 14.1 Å². The predicted molar refractivity (Wildman–Crippen MR) is 157 cm³/mol. The number of fused-ring (bicyclic) bond motifs is 9. The summed E-state index contributed by atoms with van der Waals surface area (Å²) in [6.07, 6.45) is 6.87. The molecule has 3 aliphatic carbocycles. The minimum atomic E-state index is -1.98. The van der Waals surface area contributed by atoms with Crippen LogP contribution >= 0.6 is 0 Å². The van der Waals surface area contributed by atoms with Gasteiger partial charge in [-0.2, -0.15) is 0 Å². The third-order valence-corrected chi connectivity index (χ3v) is 18.4. The Labute approximate surface area is 252 Å². The van der Waals surface area contributed by atoms with Gasteiger partial charge in [-0.1, -0.05) is 39.8 Å². The van der Waals surface area contributed by atoms with Crippen LogP contribution in [0.15, 0.2) is 12.2 Å². The van der Waals surface area contributed by atoms with E-state index in [1.807, 2.05) is 0 Å². The fraction of sp³-hybridized carbons (Fsp3) is 0.939. The Bertz CT molecular complexity index is 1180. The average Bonchev–Trinajstić information content (AvgIpc) is 3.24. The van der Waals surface area contributed by atoms with Crippen LogP contribution < -0.4 is 0 Å². The van der Waals surface area contributed by atoms with Gasteiger partial charge in [-0.05, 0) is 45.3 Å². The fourth-order valence-corrected chi connectivity index (χ4v) is 12.4. The second-order valence-corrected chi connectivity index (χ2v) is 22.0. The maximum absolute atomic E-state index is 7.12. The Morgan fingerprint density at radius 3 is 2.29 bits per heavy atom. The van der Waals surface area contributed by atoms with Crippen LogP contribution in [-0.2, 0) is 37.6 Å². The molecule has 0 aromatic rings. The van der Waals surface area contributed by atoms with Crippen molar-refractivity contribution >= 4 is 8.32 Å². The molecule has 0 aromatic carbocycles. The molecule has 236 valence electrons. The number of allylic oxidation sites excluding steroid dienone is 1. The molecule has 0 radical (unpaired) electrons. The zero-order valence-electron chi connectivity index (χ0n) is 27.1. The van der Waals surface area contributed by atoms with Gasteiger partial charge in [0.05, 0.1) is 62.9 Å². The molecule has 5 heterocycles. The summed E-state index contributed by atoms with van der Waals surface area (Å²) in [5.74, 6) is -0.0223. The topological polar surface area (TPSA) is 77.1 Å². The lowest BCUT2D eigenvalue weighted by Gasteiger charge is -2.67. The molecule has 0 N–H and O–H groups in total. The highest BCUT2D eigenvalue weighted by molar-refractivity contribution is 6.74. The van der Waals surface area contributed by atoms with Crippen LogP contribution in [0.25, 0.3) is 0 Å². The van der Waals surface area contributed by atoms with Crippen LogP contribution in [0.2, 0.25) is 18.1 Å². The van der Waals surface area contributed by atoms with Gasteiger partial charge in [0.2, 0.25) is 0 Å². The zero-order valence-corrected chi connectivity index (χ0v) is 28.1. The van der Waals surface area contributed by atoms with Crippen molar-refractivity contribution in [2.45, 2.75) is 121 Å².